The number of hydrogen-bond donors (Lipinski definition) is 1. The zero-order chi connectivity index (χ0) is 21.7. The van der Waals surface area contributed by atoms with E-state index in [9.17, 15) is 13.2 Å². The molecule has 0 aliphatic rings. The predicted molar refractivity (Wildman–Crippen MR) is 119 cm³/mol. The Morgan fingerprint density at radius 1 is 1.00 bits per heavy atom. The van der Waals surface area contributed by atoms with Gasteiger partial charge in [-0.2, -0.15) is 0 Å². The minimum Gasteiger partial charge on any atom is -0.497 e. The van der Waals surface area contributed by atoms with Crippen LogP contribution in [0.4, 0.5) is 11.4 Å². The lowest BCUT2D eigenvalue weighted by Crippen LogP contribution is -2.38. The van der Waals surface area contributed by atoms with Crippen LogP contribution in [0.3, 0.4) is 0 Å². The molecule has 0 aliphatic heterocycles. The molecule has 3 aromatic rings. The number of hydrogen-bond acceptors (Lipinski definition) is 4. The highest BCUT2D eigenvalue weighted by molar-refractivity contribution is 7.92. The summed E-state index contributed by atoms with van der Waals surface area (Å²) in [5, 5.41) is 3.25. The lowest BCUT2D eigenvalue weighted by Gasteiger charge is -2.24. The van der Waals surface area contributed by atoms with Crippen LogP contribution >= 0.6 is 11.6 Å². The zero-order valence-electron chi connectivity index (χ0n) is 16.5. The number of benzene rings is 3. The normalized spacial score (nSPS) is 11.0. The van der Waals surface area contributed by atoms with Crippen molar-refractivity contribution in [3.05, 3.63) is 83.4 Å². The molecule has 1 amide bonds. The van der Waals surface area contributed by atoms with Crippen molar-refractivity contribution in [2.24, 2.45) is 0 Å². The van der Waals surface area contributed by atoms with Gasteiger partial charge >= 0.3 is 0 Å². The fourth-order valence-corrected chi connectivity index (χ4v) is 4.46. The van der Waals surface area contributed by atoms with Crippen LogP contribution in [0.1, 0.15) is 5.56 Å². The van der Waals surface area contributed by atoms with Crippen LogP contribution in [0.25, 0.3) is 0 Å². The Morgan fingerprint density at radius 2 is 1.67 bits per heavy atom. The molecule has 0 heterocycles. The predicted octanol–water partition coefficient (Wildman–Crippen LogP) is 4.49. The molecule has 1 N–H and O–H groups in total. The Hall–Kier alpha value is -3.03. The number of nitrogens with zero attached hydrogens (tertiary/aromatic N) is 1. The molecule has 30 heavy (non-hydrogen) atoms. The van der Waals surface area contributed by atoms with Gasteiger partial charge in [0.25, 0.3) is 10.0 Å². The average Bonchev–Trinajstić information content (AvgIpc) is 2.76. The Labute approximate surface area is 181 Å². The van der Waals surface area contributed by atoms with Crippen LogP contribution in [-0.2, 0) is 14.8 Å². The Kier molecular flexibility index (Phi) is 6.64. The number of halogens is 1. The van der Waals surface area contributed by atoms with Crippen LogP contribution in [0, 0.1) is 6.92 Å². The maximum Gasteiger partial charge on any atom is 0.264 e. The molecule has 0 fully saturated rings. The molecule has 6 nitrogen and oxygen atoms in total. The fraction of sp³-hybridized carbons (Fsp3) is 0.136. The van der Waals surface area contributed by atoms with Crippen LogP contribution in [-0.4, -0.2) is 28.0 Å². The van der Waals surface area contributed by atoms with Crippen molar-refractivity contribution >= 4 is 38.9 Å². The number of methoxy groups -OCH3 is 1. The van der Waals surface area contributed by atoms with Gasteiger partial charge in [-0.15, -0.1) is 0 Å². The second kappa shape index (κ2) is 9.19. The molecular weight excluding hydrogens is 424 g/mol. The molecule has 8 heteroatoms. The molecule has 0 atom stereocenters. The van der Waals surface area contributed by atoms with Gasteiger partial charge in [0.15, 0.2) is 0 Å². The molecule has 0 bridgehead atoms. The second-order valence-corrected chi connectivity index (χ2v) is 8.75. The first-order valence-corrected chi connectivity index (χ1v) is 10.9. The van der Waals surface area contributed by atoms with Crippen LogP contribution < -0.4 is 14.4 Å². The maximum atomic E-state index is 13.3. The molecule has 0 saturated heterocycles. The first-order chi connectivity index (χ1) is 14.3. The van der Waals surface area contributed by atoms with Gasteiger partial charge in [0.2, 0.25) is 5.91 Å². The van der Waals surface area contributed by atoms with E-state index < -0.39 is 22.5 Å². The summed E-state index contributed by atoms with van der Waals surface area (Å²) in [5.74, 6) is 0.0884. The molecule has 0 radical (unpaired) electrons. The largest absolute Gasteiger partial charge is 0.497 e. The monoisotopic (exact) mass is 444 g/mol. The summed E-state index contributed by atoms with van der Waals surface area (Å²) in [6, 6.07) is 19.6. The minimum atomic E-state index is -3.97. The smallest absolute Gasteiger partial charge is 0.264 e. The molecule has 0 saturated carbocycles. The van der Waals surface area contributed by atoms with Crippen molar-refractivity contribution in [1.82, 2.24) is 0 Å². The number of anilines is 2. The second-order valence-electron chi connectivity index (χ2n) is 6.48. The highest BCUT2D eigenvalue weighted by atomic mass is 35.5. The van der Waals surface area contributed by atoms with E-state index in [1.54, 1.807) is 67.6 Å². The van der Waals surface area contributed by atoms with E-state index in [4.69, 9.17) is 16.3 Å². The summed E-state index contributed by atoms with van der Waals surface area (Å²) >= 11 is 6.11. The lowest BCUT2D eigenvalue weighted by molar-refractivity contribution is -0.114. The first kappa shape index (κ1) is 21.7. The average molecular weight is 445 g/mol. The van der Waals surface area contributed by atoms with Crippen molar-refractivity contribution in [2.45, 2.75) is 11.8 Å². The van der Waals surface area contributed by atoms with Gasteiger partial charge in [0, 0.05) is 10.7 Å². The summed E-state index contributed by atoms with van der Waals surface area (Å²) in [5.41, 5.74) is 1.58. The summed E-state index contributed by atoms with van der Waals surface area (Å²) in [6.45, 7) is 1.37. The quantitative estimate of drug-likeness (QED) is 0.582. The van der Waals surface area contributed by atoms with E-state index in [1.165, 1.54) is 19.2 Å². The minimum absolute atomic E-state index is 0.0903. The highest BCUT2D eigenvalue weighted by Gasteiger charge is 2.27. The molecule has 3 rings (SSSR count). The fourth-order valence-electron chi connectivity index (χ4n) is 2.85. The lowest BCUT2D eigenvalue weighted by atomic mass is 10.2. The number of nitrogens with one attached hydrogen (secondary N) is 1. The summed E-state index contributed by atoms with van der Waals surface area (Å²) in [7, 11) is -2.45. The third kappa shape index (κ3) is 4.75. The number of amides is 1. The van der Waals surface area contributed by atoms with Crippen molar-refractivity contribution in [2.75, 3.05) is 23.3 Å². The van der Waals surface area contributed by atoms with E-state index in [1.807, 2.05) is 0 Å². The molecule has 0 unspecified atom stereocenters. The number of rotatable bonds is 7. The number of carbonyl (C=O) groups is 1. The van der Waals surface area contributed by atoms with Crippen LogP contribution in [0.2, 0.25) is 5.02 Å². The van der Waals surface area contributed by atoms with E-state index in [0.29, 0.717) is 27.7 Å². The highest BCUT2D eigenvalue weighted by Crippen LogP contribution is 2.27. The van der Waals surface area contributed by atoms with Gasteiger partial charge in [0.1, 0.15) is 12.3 Å². The van der Waals surface area contributed by atoms with Gasteiger partial charge < -0.3 is 10.1 Å². The van der Waals surface area contributed by atoms with Crippen molar-refractivity contribution in [3.63, 3.8) is 0 Å². The Bertz CT molecular complexity index is 1130. The summed E-state index contributed by atoms with van der Waals surface area (Å²) < 4.78 is 32.8. The number of sulfonamides is 1. The summed E-state index contributed by atoms with van der Waals surface area (Å²) in [4.78, 5) is 12.9. The van der Waals surface area contributed by atoms with Gasteiger partial charge in [-0.25, -0.2) is 8.42 Å². The molecule has 0 aromatic heterocycles. The van der Waals surface area contributed by atoms with Gasteiger partial charge in [-0.1, -0.05) is 35.9 Å². The molecule has 3 aromatic carbocycles. The zero-order valence-corrected chi connectivity index (χ0v) is 18.1. The van der Waals surface area contributed by atoms with Crippen LogP contribution in [0.5, 0.6) is 5.75 Å². The topological polar surface area (TPSA) is 75.7 Å². The van der Waals surface area contributed by atoms with Crippen molar-refractivity contribution < 1.29 is 17.9 Å². The molecule has 0 spiro atoms. The van der Waals surface area contributed by atoms with Crippen LogP contribution in [0.15, 0.2) is 77.7 Å². The van der Waals surface area contributed by atoms with Crippen molar-refractivity contribution in [3.8, 4) is 5.75 Å². The third-order valence-corrected chi connectivity index (χ3v) is 6.72. The van der Waals surface area contributed by atoms with E-state index in [2.05, 4.69) is 5.32 Å². The Morgan fingerprint density at radius 3 is 2.30 bits per heavy atom. The first-order valence-electron chi connectivity index (χ1n) is 9.09. The van der Waals surface area contributed by atoms with Crippen molar-refractivity contribution in [1.29, 1.82) is 0 Å². The van der Waals surface area contributed by atoms with E-state index in [0.717, 1.165) is 4.31 Å². The standard InChI is InChI=1S/C22H21ClN2O4S/c1-16-20(23)9-6-10-21(16)24-22(26)15-25(17-11-13-18(29-2)14-12-17)30(27,28)19-7-4-3-5-8-19/h3-14H,15H2,1-2H3,(H,24,26). The van der Waals surface area contributed by atoms with Gasteiger partial charge in [-0.3, -0.25) is 9.10 Å². The van der Waals surface area contributed by atoms with E-state index in [-0.39, 0.29) is 4.90 Å². The maximum absolute atomic E-state index is 13.3. The van der Waals surface area contributed by atoms with E-state index >= 15 is 0 Å². The number of carbonyl (C=O) groups excluding carboxylic acids is 1. The van der Waals surface area contributed by atoms with Gasteiger partial charge in [-0.05, 0) is 61.0 Å². The number of ether oxygens (including phenoxy) is 1. The molecule has 156 valence electrons. The molecular formula is C22H21ClN2O4S. The Balaban J connectivity index is 1.94. The van der Waals surface area contributed by atoms with Gasteiger partial charge in [0.05, 0.1) is 17.7 Å². The summed E-state index contributed by atoms with van der Waals surface area (Å²) in [6.07, 6.45) is 0. The third-order valence-electron chi connectivity index (χ3n) is 4.52. The SMILES string of the molecule is COc1ccc(N(CC(=O)Nc2cccc(Cl)c2C)S(=O)(=O)c2ccccc2)cc1. The molecule has 0 aliphatic carbocycles.